The predicted molar refractivity (Wildman–Crippen MR) is 95.2 cm³/mol. The summed E-state index contributed by atoms with van der Waals surface area (Å²) in [6.45, 7) is 3.34. The Hall–Kier alpha value is -0.0200. The second-order valence-electron chi connectivity index (χ2n) is 6.47. The maximum Gasteiger partial charge on any atom is 0.150 e. The van der Waals surface area contributed by atoms with Crippen LogP contribution in [0.15, 0.2) is 0 Å². The largest absolute Gasteiger partial charge is 0.298 e. The highest BCUT2D eigenvalue weighted by atomic mass is 32.2. The molecule has 1 aliphatic heterocycles. The van der Waals surface area contributed by atoms with E-state index in [1.807, 2.05) is 11.8 Å². The molecule has 0 aromatic rings. The van der Waals surface area contributed by atoms with Gasteiger partial charge in [0.2, 0.25) is 0 Å². The van der Waals surface area contributed by atoms with Gasteiger partial charge in [-0.25, -0.2) is 0 Å². The molecule has 1 aliphatic rings. The van der Waals surface area contributed by atoms with E-state index in [1.165, 1.54) is 63.5 Å². The normalized spacial score (nSPS) is 19.8. The summed E-state index contributed by atoms with van der Waals surface area (Å²) in [6, 6.07) is 0.197. The molecule has 1 saturated heterocycles. The molecule has 0 aromatic heterocycles. The minimum absolute atomic E-state index is 0.197. The van der Waals surface area contributed by atoms with Crippen molar-refractivity contribution in [2.45, 2.75) is 83.6 Å². The monoisotopic (exact) mass is 313 g/mol. The lowest BCUT2D eigenvalue weighted by Gasteiger charge is -2.30. The number of nitrogens with zero attached hydrogens (tertiary/aromatic N) is 1. The molecule has 3 heteroatoms. The summed E-state index contributed by atoms with van der Waals surface area (Å²) in [5, 5.41) is 0. The molecule has 1 fully saturated rings. The Morgan fingerprint density at radius 2 is 1.57 bits per heavy atom. The number of unbranched alkanes of at least 4 members (excludes halogenated alkanes) is 9. The summed E-state index contributed by atoms with van der Waals surface area (Å²) < 4.78 is 0. The molecule has 1 unspecified atom stereocenters. The molecule has 0 N–H and O–H groups in total. The minimum atomic E-state index is 0.197. The molecule has 1 rings (SSSR count). The molecular weight excluding hydrogens is 278 g/mol. The van der Waals surface area contributed by atoms with Crippen LogP contribution in [0.2, 0.25) is 0 Å². The number of carbonyl (C=O) groups is 1. The van der Waals surface area contributed by atoms with Gasteiger partial charge in [-0.15, -0.1) is 0 Å². The van der Waals surface area contributed by atoms with Gasteiger partial charge in [0.05, 0.1) is 6.04 Å². The van der Waals surface area contributed by atoms with Gasteiger partial charge in [0, 0.05) is 24.5 Å². The van der Waals surface area contributed by atoms with Gasteiger partial charge in [-0.05, 0) is 13.5 Å². The van der Waals surface area contributed by atoms with Crippen LogP contribution in [-0.2, 0) is 4.79 Å². The maximum absolute atomic E-state index is 12.2. The number of hydrogen-bond donors (Lipinski definition) is 0. The third-order valence-electron chi connectivity index (χ3n) is 4.54. The number of rotatable bonds is 12. The first kappa shape index (κ1) is 19.0. The molecule has 0 aliphatic carbocycles. The van der Waals surface area contributed by atoms with Gasteiger partial charge in [-0.1, -0.05) is 64.7 Å². The SMILES string of the molecule is CCCCCCCCCCCCC(=O)C1CSCCN1C. The third-order valence-corrected chi connectivity index (χ3v) is 5.57. The summed E-state index contributed by atoms with van der Waals surface area (Å²) in [5.41, 5.74) is 0. The molecule has 1 heterocycles. The zero-order valence-corrected chi connectivity index (χ0v) is 15.1. The van der Waals surface area contributed by atoms with E-state index in [2.05, 4.69) is 18.9 Å². The van der Waals surface area contributed by atoms with Crippen LogP contribution in [-0.4, -0.2) is 41.8 Å². The lowest BCUT2D eigenvalue weighted by atomic mass is 10.0. The zero-order valence-electron chi connectivity index (χ0n) is 14.2. The van der Waals surface area contributed by atoms with E-state index in [1.54, 1.807) is 0 Å². The zero-order chi connectivity index (χ0) is 15.3. The van der Waals surface area contributed by atoms with Crippen LogP contribution < -0.4 is 0 Å². The van der Waals surface area contributed by atoms with E-state index in [4.69, 9.17) is 0 Å². The van der Waals surface area contributed by atoms with Crippen molar-refractivity contribution in [1.29, 1.82) is 0 Å². The molecule has 2 nitrogen and oxygen atoms in total. The summed E-state index contributed by atoms with van der Waals surface area (Å²) in [4.78, 5) is 14.4. The molecule has 0 aromatic carbocycles. The number of carbonyl (C=O) groups excluding carboxylic acids is 1. The Bertz CT molecular complexity index is 270. The van der Waals surface area contributed by atoms with Crippen molar-refractivity contribution in [2.24, 2.45) is 0 Å². The molecule has 21 heavy (non-hydrogen) atoms. The maximum atomic E-state index is 12.2. The van der Waals surface area contributed by atoms with E-state index < -0.39 is 0 Å². The first-order valence-corrected chi connectivity index (χ1v) is 10.2. The fourth-order valence-corrected chi connectivity index (χ4v) is 4.23. The number of thioether (sulfide) groups is 1. The average molecular weight is 314 g/mol. The average Bonchev–Trinajstić information content (AvgIpc) is 2.49. The second-order valence-corrected chi connectivity index (χ2v) is 7.62. The molecule has 124 valence electrons. The topological polar surface area (TPSA) is 20.3 Å². The van der Waals surface area contributed by atoms with Crippen LogP contribution in [0.4, 0.5) is 0 Å². The lowest BCUT2D eigenvalue weighted by Crippen LogP contribution is -2.44. The smallest absolute Gasteiger partial charge is 0.150 e. The summed E-state index contributed by atoms with van der Waals surface area (Å²) in [6.07, 6.45) is 14.2. The van der Waals surface area contributed by atoms with Crippen LogP contribution in [0.25, 0.3) is 0 Å². The van der Waals surface area contributed by atoms with Crippen molar-refractivity contribution in [3.63, 3.8) is 0 Å². The van der Waals surface area contributed by atoms with Crippen molar-refractivity contribution in [3.8, 4) is 0 Å². The van der Waals surface area contributed by atoms with Crippen LogP contribution in [0.3, 0.4) is 0 Å². The lowest BCUT2D eigenvalue weighted by molar-refractivity contribution is -0.123. The Kier molecular flexibility index (Phi) is 11.3. The van der Waals surface area contributed by atoms with Crippen molar-refractivity contribution in [2.75, 3.05) is 25.1 Å². The highest BCUT2D eigenvalue weighted by Crippen LogP contribution is 2.18. The first-order valence-electron chi connectivity index (χ1n) is 9.06. The number of hydrogen-bond acceptors (Lipinski definition) is 3. The van der Waals surface area contributed by atoms with Gasteiger partial charge in [-0.2, -0.15) is 11.8 Å². The van der Waals surface area contributed by atoms with Crippen molar-refractivity contribution >= 4 is 17.5 Å². The third kappa shape index (κ3) is 8.87. The van der Waals surface area contributed by atoms with E-state index in [9.17, 15) is 4.79 Å². The van der Waals surface area contributed by atoms with E-state index in [-0.39, 0.29) is 6.04 Å². The molecular formula is C18H35NOS. The van der Waals surface area contributed by atoms with E-state index >= 15 is 0 Å². The number of likely N-dealkylation sites (N-methyl/N-ethyl adjacent to an activating group) is 1. The van der Waals surface area contributed by atoms with Gasteiger partial charge >= 0.3 is 0 Å². The highest BCUT2D eigenvalue weighted by Gasteiger charge is 2.25. The molecule has 0 amide bonds. The van der Waals surface area contributed by atoms with Crippen molar-refractivity contribution in [1.82, 2.24) is 4.90 Å². The minimum Gasteiger partial charge on any atom is -0.298 e. The van der Waals surface area contributed by atoms with E-state index in [0.29, 0.717) is 5.78 Å². The van der Waals surface area contributed by atoms with Gasteiger partial charge in [-0.3, -0.25) is 9.69 Å². The predicted octanol–water partition coefficient (Wildman–Crippen LogP) is 4.91. The van der Waals surface area contributed by atoms with E-state index in [0.717, 1.165) is 25.1 Å². The first-order chi connectivity index (χ1) is 10.3. The van der Waals surface area contributed by atoms with Gasteiger partial charge in [0.25, 0.3) is 0 Å². The van der Waals surface area contributed by atoms with Gasteiger partial charge in [0.15, 0.2) is 5.78 Å². The Balaban J connectivity index is 1.90. The quantitative estimate of drug-likeness (QED) is 0.477. The van der Waals surface area contributed by atoms with Crippen LogP contribution in [0.1, 0.15) is 77.6 Å². The van der Waals surface area contributed by atoms with Gasteiger partial charge in [0.1, 0.15) is 0 Å². The Morgan fingerprint density at radius 3 is 2.14 bits per heavy atom. The van der Waals surface area contributed by atoms with Crippen LogP contribution in [0.5, 0.6) is 0 Å². The Labute approximate surface area is 136 Å². The van der Waals surface area contributed by atoms with Crippen LogP contribution in [0, 0.1) is 0 Å². The molecule has 0 saturated carbocycles. The Morgan fingerprint density at radius 1 is 1.00 bits per heavy atom. The van der Waals surface area contributed by atoms with Crippen LogP contribution >= 0.6 is 11.8 Å². The number of Topliss-reactive ketones (excluding diaryl/α,β-unsaturated/α-hetero) is 1. The standard InChI is InChI=1S/C18H35NOS/c1-3-4-5-6-7-8-9-10-11-12-13-18(20)17-16-21-15-14-19(17)2/h17H,3-16H2,1-2H3. The van der Waals surface area contributed by atoms with Gasteiger partial charge < -0.3 is 0 Å². The number of ketones is 1. The van der Waals surface area contributed by atoms with Crippen molar-refractivity contribution in [3.05, 3.63) is 0 Å². The fourth-order valence-electron chi connectivity index (χ4n) is 2.98. The summed E-state index contributed by atoms with van der Waals surface area (Å²) in [5.74, 6) is 2.66. The van der Waals surface area contributed by atoms with Crippen molar-refractivity contribution < 1.29 is 4.79 Å². The summed E-state index contributed by atoms with van der Waals surface area (Å²) in [7, 11) is 2.10. The molecule has 0 radical (unpaired) electrons. The highest BCUT2D eigenvalue weighted by molar-refractivity contribution is 7.99. The molecule has 1 atom stereocenters. The summed E-state index contributed by atoms with van der Waals surface area (Å²) >= 11 is 1.93. The fraction of sp³-hybridized carbons (Fsp3) is 0.944. The molecule has 0 spiro atoms. The second kappa shape index (κ2) is 12.5. The molecule has 0 bridgehead atoms.